The molecule has 2 N–H and O–H groups in total. The fourth-order valence-electron chi connectivity index (χ4n) is 1.93. The van der Waals surface area contributed by atoms with E-state index in [-0.39, 0.29) is 23.9 Å². The molecule has 84 valence electrons. The van der Waals surface area contributed by atoms with Crippen molar-refractivity contribution >= 4 is 11.8 Å². The first-order valence-corrected chi connectivity index (χ1v) is 5.32. The van der Waals surface area contributed by atoms with Crippen LogP contribution in [0.4, 0.5) is 0 Å². The maximum absolute atomic E-state index is 11.0. The van der Waals surface area contributed by atoms with Crippen LogP contribution in [0.5, 0.6) is 0 Å². The molecule has 15 heavy (non-hydrogen) atoms. The highest BCUT2D eigenvalue weighted by Crippen LogP contribution is 2.18. The summed E-state index contributed by atoms with van der Waals surface area (Å²) in [6.45, 7) is 4.94. The number of carbonyl (C=O) groups excluding carboxylic acids is 2. The second-order valence-corrected chi connectivity index (χ2v) is 3.96. The number of rotatable bonds is 3. The molecule has 0 heterocycles. The average Bonchev–Trinajstić information content (AvgIpc) is 2.20. The van der Waals surface area contributed by atoms with Crippen LogP contribution in [-0.2, 0) is 9.59 Å². The molecule has 1 rings (SSSR count). The molecule has 0 unspecified atom stereocenters. The molecular formula is C11H18N2O2. The fraction of sp³-hybridized carbons (Fsp3) is 0.636. The van der Waals surface area contributed by atoms with Crippen LogP contribution < -0.4 is 10.6 Å². The summed E-state index contributed by atoms with van der Waals surface area (Å²) in [6.07, 6.45) is 5.00. The molecular weight excluding hydrogens is 192 g/mol. The van der Waals surface area contributed by atoms with Crippen molar-refractivity contribution in [3.63, 3.8) is 0 Å². The van der Waals surface area contributed by atoms with E-state index >= 15 is 0 Å². The number of amides is 2. The van der Waals surface area contributed by atoms with E-state index in [0.717, 1.165) is 25.7 Å². The molecule has 1 saturated carbocycles. The minimum Gasteiger partial charge on any atom is -0.354 e. The molecule has 0 aromatic carbocycles. The van der Waals surface area contributed by atoms with Gasteiger partial charge < -0.3 is 10.6 Å². The zero-order valence-electron chi connectivity index (χ0n) is 9.08. The zero-order chi connectivity index (χ0) is 11.3. The molecule has 0 bridgehead atoms. The first kappa shape index (κ1) is 11.8. The summed E-state index contributed by atoms with van der Waals surface area (Å²) < 4.78 is 0. The summed E-state index contributed by atoms with van der Waals surface area (Å²) in [4.78, 5) is 21.9. The molecule has 0 saturated heterocycles. The molecule has 0 aromatic heterocycles. The number of carbonyl (C=O) groups is 2. The molecule has 4 nitrogen and oxygen atoms in total. The van der Waals surface area contributed by atoms with Gasteiger partial charge in [-0.3, -0.25) is 9.59 Å². The van der Waals surface area contributed by atoms with Crippen LogP contribution in [0.25, 0.3) is 0 Å². The van der Waals surface area contributed by atoms with E-state index in [1.165, 1.54) is 13.0 Å². The maximum Gasteiger partial charge on any atom is 0.243 e. The number of hydrogen-bond acceptors (Lipinski definition) is 2. The minimum absolute atomic E-state index is 0.0218. The monoisotopic (exact) mass is 210 g/mol. The van der Waals surface area contributed by atoms with Crippen molar-refractivity contribution in [3.8, 4) is 0 Å². The van der Waals surface area contributed by atoms with Gasteiger partial charge in [-0.15, -0.1) is 0 Å². The van der Waals surface area contributed by atoms with Crippen molar-refractivity contribution < 1.29 is 9.59 Å². The quantitative estimate of drug-likeness (QED) is 0.675. The van der Waals surface area contributed by atoms with Gasteiger partial charge in [0.25, 0.3) is 0 Å². The van der Waals surface area contributed by atoms with Crippen LogP contribution >= 0.6 is 0 Å². The molecule has 0 aliphatic heterocycles. The fourth-order valence-corrected chi connectivity index (χ4v) is 1.93. The molecule has 4 heteroatoms. The van der Waals surface area contributed by atoms with Gasteiger partial charge in [0.15, 0.2) is 0 Å². The molecule has 2 amide bonds. The van der Waals surface area contributed by atoms with E-state index in [1.54, 1.807) is 0 Å². The predicted octanol–water partition coefficient (Wildman–Crippen LogP) is 0.736. The first-order valence-electron chi connectivity index (χ1n) is 5.32. The summed E-state index contributed by atoms with van der Waals surface area (Å²) in [5, 5.41) is 5.77. The lowest BCUT2D eigenvalue weighted by Gasteiger charge is -2.29. The van der Waals surface area contributed by atoms with E-state index in [2.05, 4.69) is 17.2 Å². The summed E-state index contributed by atoms with van der Waals surface area (Å²) in [6, 6.07) is 0.514. The van der Waals surface area contributed by atoms with Gasteiger partial charge in [0.1, 0.15) is 0 Å². The van der Waals surface area contributed by atoms with Gasteiger partial charge in [0, 0.05) is 19.0 Å². The topological polar surface area (TPSA) is 58.2 Å². The molecule has 1 aliphatic rings. The van der Waals surface area contributed by atoms with Gasteiger partial charge in [-0.1, -0.05) is 6.58 Å². The van der Waals surface area contributed by atoms with Crippen molar-refractivity contribution in [2.24, 2.45) is 0 Å². The van der Waals surface area contributed by atoms with E-state index in [4.69, 9.17) is 0 Å². The van der Waals surface area contributed by atoms with Gasteiger partial charge in [-0.25, -0.2) is 0 Å². The molecule has 0 atom stereocenters. The summed E-state index contributed by atoms with van der Waals surface area (Å²) in [5.74, 6) is -0.0912. The highest BCUT2D eigenvalue weighted by molar-refractivity contribution is 5.87. The van der Waals surface area contributed by atoms with E-state index in [0.29, 0.717) is 0 Å². The Kier molecular flexibility index (Phi) is 4.34. The third-order valence-corrected chi connectivity index (χ3v) is 2.67. The van der Waals surface area contributed by atoms with Crippen LogP contribution in [0.2, 0.25) is 0 Å². The highest BCUT2D eigenvalue weighted by Gasteiger charge is 2.21. The van der Waals surface area contributed by atoms with Crippen LogP contribution in [0, 0.1) is 0 Å². The Morgan fingerprint density at radius 1 is 1.13 bits per heavy atom. The van der Waals surface area contributed by atoms with Crippen LogP contribution in [0.3, 0.4) is 0 Å². The van der Waals surface area contributed by atoms with Gasteiger partial charge in [-0.05, 0) is 31.8 Å². The van der Waals surface area contributed by atoms with Crippen molar-refractivity contribution in [1.29, 1.82) is 0 Å². The third kappa shape index (κ3) is 4.14. The van der Waals surface area contributed by atoms with E-state index in [9.17, 15) is 9.59 Å². The Bertz CT molecular complexity index is 255. The molecule has 0 aromatic rings. The Morgan fingerprint density at radius 2 is 1.60 bits per heavy atom. The Hall–Kier alpha value is -1.32. The summed E-state index contributed by atoms with van der Waals surface area (Å²) >= 11 is 0. The first-order chi connectivity index (χ1) is 7.11. The smallest absolute Gasteiger partial charge is 0.243 e. The van der Waals surface area contributed by atoms with Crippen molar-refractivity contribution in [2.75, 3.05) is 0 Å². The van der Waals surface area contributed by atoms with Crippen LogP contribution in [0.15, 0.2) is 12.7 Å². The highest BCUT2D eigenvalue weighted by atomic mass is 16.2. The third-order valence-electron chi connectivity index (χ3n) is 2.67. The minimum atomic E-state index is -0.113. The Morgan fingerprint density at radius 3 is 2.00 bits per heavy atom. The number of hydrogen-bond donors (Lipinski definition) is 2. The van der Waals surface area contributed by atoms with Crippen LogP contribution in [0.1, 0.15) is 32.6 Å². The molecule has 1 fully saturated rings. The second kappa shape index (κ2) is 5.53. The van der Waals surface area contributed by atoms with E-state index in [1.807, 2.05) is 0 Å². The predicted molar refractivity (Wildman–Crippen MR) is 58.2 cm³/mol. The molecule has 0 spiro atoms. The maximum atomic E-state index is 11.0. The summed E-state index contributed by atoms with van der Waals surface area (Å²) in [7, 11) is 0. The van der Waals surface area contributed by atoms with Crippen LogP contribution in [-0.4, -0.2) is 23.9 Å². The number of nitrogens with one attached hydrogen (secondary N) is 2. The van der Waals surface area contributed by atoms with Gasteiger partial charge >= 0.3 is 0 Å². The van der Waals surface area contributed by atoms with Crippen molar-refractivity contribution in [1.82, 2.24) is 10.6 Å². The molecule has 1 aliphatic carbocycles. The lowest BCUT2D eigenvalue weighted by molar-refractivity contribution is -0.120. The Balaban J connectivity index is 2.26. The Labute approximate surface area is 90.1 Å². The normalized spacial score (nSPS) is 25.4. The van der Waals surface area contributed by atoms with Gasteiger partial charge in [-0.2, -0.15) is 0 Å². The van der Waals surface area contributed by atoms with Gasteiger partial charge in [0.05, 0.1) is 0 Å². The van der Waals surface area contributed by atoms with Gasteiger partial charge in [0.2, 0.25) is 11.8 Å². The average molecular weight is 210 g/mol. The lowest BCUT2D eigenvalue weighted by atomic mass is 9.91. The summed E-state index contributed by atoms with van der Waals surface area (Å²) in [5.41, 5.74) is 0. The zero-order valence-corrected chi connectivity index (χ0v) is 9.08. The lowest BCUT2D eigenvalue weighted by Crippen LogP contribution is -2.42. The second-order valence-electron chi connectivity index (χ2n) is 3.96. The standard InChI is InChI=1S/C11H18N2O2/c1-3-11(15)13-10-6-4-9(5-7-10)12-8(2)14/h3,9-10H,1,4-7H2,2H3,(H,12,14)(H,13,15). The van der Waals surface area contributed by atoms with E-state index < -0.39 is 0 Å². The largest absolute Gasteiger partial charge is 0.354 e. The SMILES string of the molecule is C=CC(=O)NC1CCC(NC(C)=O)CC1. The van der Waals surface area contributed by atoms with Crippen molar-refractivity contribution in [3.05, 3.63) is 12.7 Å². The molecule has 0 radical (unpaired) electrons. The van der Waals surface area contributed by atoms with Crippen molar-refractivity contribution in [2.45, 2.75) is 44.7 Å².